The number of likely N-dealkylation sites (tertiary alicyclic amines) is 1. The number of amides is 2. The minimum atomic E-state index is -3.97. The van der Waals surface area contributed by atoms with Crippen LogP contribution in [0.3, 0.4) is 0 Å². The number of carbonyl (C=O) groups excluding carboxylic acids is 2. The lowest BCUT2D eigenvalue weighted by atomic mass is 9.96. The Balaban J connectivity index is 1.67. The van der Waals surface area contributed by atoms with Gasteiger partial charge in [-0.25, -0.2) is 13.8 Å². The molecule has 0 aliphatic carbocycles. The average molecular weight is 440 g/mol. The maximum Gasteiger partial charge on any atom is 0.410 e. The average Bonchev–Trinajstić information content (AvgIpc) is 2.91. The lowest BCUT2D eigenvalue weighted by Crippen LogP contribution is -2.46. The Kier molecular flexibility index (Phi) is 6.16. The van der Waals surface area contributed by atoms with Gasteiger partial charge >= 0.3 is 16.3 Å². The number of hydrogen-bond donors (Lipinski definition) is 2. The third-order valence-corrected chi connectivity index (χ3v) is 6.54. The molecule has 2 aliphatic heterocycles. The van der Waals surface area contributed by atoms with E-state index >= 15 is 0 Å². The number of rotatable bonds is 4. The third kappa shape index (κ3) is 5.16. The normalized spacial score (nSPS) is 21.4. The van der Waals surface area contributed by atoms with Crippen molar-refractivity contribution in [2.45, 2.75) is 64.5 Å². The van der Waals surface area contributed by atoms with E-state index in [1.54, 1.807) is 11.0 Å². The van der Waals surface area contributed by atoms with Gasteiger partial charge in [0.05, 0.1) is 5.69 Å². The van der Waals surface area contributed by atoms with Crippen LogP contribution in [-0.2, 0) is 26.2 Å². The number of ether oxygens (including phenoxy) is 1. The Bertz CT molecular complexity index is 925. The lowest BCUT2D eigenvalue weighted by molar-refractivity contribution is -0.117. The van der Waals surface area contributed by atoms with E-state index in [0.29, 0.717) is 19.4 Å². The summed E-state index contributed by atoms with van der Waals surface area (Å²) in [4.78, 5) is 25.7. The molecule has 3 rings (SSSR count). The molecule has 1 atom stereocenters. The second-order valence-electron chi connectivity index (χ2n) is 8.72. The minimum Gasteiger partial charge on any atom is -0.506 e. The second kappa shape index (κ2) is 8.33. The van der Waals surface area contributed by atoms with Gasteiger partial charge in [-0.3, -0.25) is 4.79 Å². The zero-order chi connectivity index (χ0) is 22.1. The summed E-state index contributed by atoms with van der Waals surface area (Å²) >= 11 is 0. The molecule has 2 N–H and O–H groups in total. The van der Waals surface area contributed by atoms with Crippen molar-refractivity contribution in [3.8, 4) is 5.75 Å². The lowest BCUT2D eigenvalue weighted by Gasteiger charge is -2.37. The first kappa shape index (κ1) is 22.2. The highest BCUT2D eigenvalue weighted by molar-refractivity contribution is 7.92. The van der Waals surface area contributed by atoms with Crippen molar-refractivity contribution in [1.29, 1.82) is 0 Å². The van der Waals surface area contributed by atoms with Crippen molar-refractivity contribution in [3.05, 3.63) is 23.8 Å². The Hall–Kier alpha value is -2.49. The number of nitrogens with one attached hydrogen (secondary N) is 1. The molecule has 0 spiro atoms. The molecule has 0 aromatic heterocycles. The third-order valence-electron chi connectivity index (χ3n) is 5.15. The number of nitrogens with zero attached hydrogens (tertiary/aromatic N) is 2. The van der Waals surface area contributed by atoms with Crippen LogP contribution in [0.2, 0.25) is 0 Å². The highest BCUT2D eigenvalue weighted by Gasteiger charge is 2.35. The van der Waals surface area contributed by atoms with Crippen LogP contribution in [0.5, 0.6) is 5.75 Å². The molecule has 10 heteroatoms. The predicted molar refractivity (Wildman–Crippen MR) is 111 cm³/mol. The van der Waals surface area contributed by atoms with E-state index < -0.39 is 21.7 Å². The van der Waals surface area contributed by atoms with E-state index in [1.165, 1.54) is 12.1 Å². The highest BCUT2D eigenvalue weighted by Crippen LogP contribution is 2.32. The highest BCUT2D eigenvalue weighted by atomic mass is 32.2. The summed E-state index contributed by atoms with van der Waals surface area (Å²) in [5, 5.41) is 10.3. The summed E-state index contributed by atoms with van der Waals surface area (Å²) < 4.78 is 32.2. The number of benzene rings is 1. The molecule has 2 fully saturated rings. The van der Waals surface area contributed by atoms with Gasteiger partial charge in [0.25, 0.3) is 5.91 Å². The smallest absolute Gasteiger partial charge is 0.410 e. The van der Waals surface area contributed by atoms with E-state index in [0.717, 1.165) is 29.1 Å². The maximum absolute atomic E-state index is 12.5. The molecule has 1 aromatic rings. The maximum atomic E-state index is 12.5. The van der Waals surface area contributed by atoms with Crippen LogP contribution in [0.25, 0.3) is 0 Å². The van der Waals surface area contributed by atoms with Crippen molar-refractivity contribution >= 4 is 27.9 Å². The number of hydrogen-bond acceptors (Lipinski definition) is 6. The number of piperidine rings is 1. The summed E-state index contributed by atoms with van der Waals surface area (Å²) in [7, 11) is -3.97. The van der Waals surface area contributed by atoms with Crippen molar-refractivity contribution in [1.82, 2.24) is 9.62 Å². The van der Waals surface area contributed by atoms with Gasteiger partial charge in [-0.05, 0) is 70.6 Å². The van der Waals surface area contributed by atoms with E-state index in [1.807, 2.05) is 25.5 Å². The summed E-state index contributed by atoms with van der Waals surface area (Å²) in [5.74, 6) is -0.849. The second-order valence-corrected chi connectivity index (χ2v) is 10.3. The van der Waals surface area contributed by atoms with E-state index in [2.05, 4.69) is 0 Å². The quantitative estimate of drug-likeness (QED) is 0.744. The first-order valence-corrected chi connectivity index (χ1v) is 11.5. The van der Waals surface area contributed by atoms with Crippen LogP contribution >= 0.6 is 0 Å². The van der Waals surface area contributed by atoms with E-state index in [4.69, 9.17) is 4.74 Å². The molecule has 9 nitrogen and oxygen atoms in total. The first-order chi connectivity index (χ1) is 14.0. The largest absolute Gasteiger partial charge is 0.506 e. The number of aryl methyl sites for hydroxylation is 1. The molecule has 0 radical (unpaired) electrons. The van der Waals surface area contributed by atoms with Crippen LogP contribution < -0.4 is 9.03 Å². The van der Waals surface area contributed by atoms with Gasteiger partial charge in [0, 0.05) is 12.6 Å². The molecule has 0 bridgehead atoms. The molecule has 2 saturated heterocycles. The number of phenols is 1. The van der Waals surface area contributed by atoms with Crippen LogP contribution in [0.1, 0.15) is 52.0 Å². The van der Waals surface area contributed by atoms with Crippen LogP contribution in [0.4, 0.5) is 10.5 Å². The number of phenolic OH excluding ortho intramolecular Hbond substituents is 1. The molecule has 2 amide bonds. The zero-order valence-electron chi connectivity index (χ0n) is 17.6. The first-order valence-electron chi connectivity index (χ1n) is 10.1. The fraction of sp³-hybridized carbons (Fsp3) is 0.600. The molecule has 30 heavy (non-hydrogen) atoms. The number of carbonyl (C=O) groups is 2. The Morgan fingerprint density at radius 3 is 2.63 bits per heavy atom. The summed E-state index contributed by atoms with van der Waals surface area (Å²) in [6, 6.07) is 4.79. The molecule has 1 aromatic carbocycles. The molecule has 2 heterocycles. The summed E-state index contributed by atoms with van der Waals surface area (Å²) in [6.45, 7) is 5.84. The topological polar surface area (TPSA) is 116 Å². The Labute approximate surface area is 177 Å². The fourth-order valence-corrected chi connectivity index (χ4v) is 4.95. The van der Waals surface area contributed by atoms with Gasteiger partial charge in [-0.2, -0.15) is 8.42 Å². The molecule has 166 valence electrons. The number of anilines is 1. The van der Waals surface area contributed by atoms with Crippen molar-refractivity contribution in [2.75, 3.05) is 17.4 Å². The van der Waals surface area contributed by atoms with Gasteiger partial charge in [-0.15, -0.1) is 0 Å². The van der Waals surface area contributed by atoms with Crippen LogP contribution in [-0.4, -0.2) is 55.2 Å². The monoisotopic (exact) mass is 439 g/mol. The van der Waals surface area contributed by atoms with Crippen LogP contribution in [0, 0.1) is 0 Å². The minimum absolute atomic E-state index is 0.0520. The summed E-state index contributed by atoms with van der Waals surface area (Å²) in [5.41, 5.74) is 0.333. The number of aromatic hydroxyl groups is 1. The summed E-state index contributed by atoms with van der Waals surface area (Å²) in [6.07, 6.45) is 3.90. The molecule has 0 saturated carbocycles. The van der Waals surface area contributed by atoms with Gasteiger partial charge in [-0.1, -0.05) is 6.07 Å². The van der Waals surface area contributed by atoms with Crippen molar-refractivity contribution in [2.24, 2.45) is 0 Å². The van der Waals surface area contributed by atoms with Crippen molar-refractivity contribution in [3.63, 3.8) is 0 Å². The molecule has 2 aliphatic rings. The molecular formula is C20H29N3O6S. The Morgan fingerprint density at radius 1 is 1.30 bits per heavy atom. The van der Waals surface area contributed by atoms with Crippen molar-refractivity contribution < 1.29 is 27.9 Å². The van der Waals surface area contributed by atoms with Gasteiger partial charge < -0.3 is 14.7 Å². The van der Waals surface area contributed by atoms with E-state index in [9.17, 15) is 23.1 Å². The van der Waals surface area contributed by atoms with Crippen LogP contribution in [0.15, 0.2) is 18.2 Å². The fourth-order valence-electron chi connectivity index (χ4n) is 3.79. The molecule has 1 unspecified atom stereocenters. The molecular weight excluding hydrogens is 410 g/mol. The SMILES string of the molecule is CC(C)(C)OC(=O)N1CCCCC1CCc1ccc(N2CC(=O)NS2(=O)=O)c(O)c1. The van der Waals surface area contributed by atoms with Gasteiger partial charge in [0.15, 0.2) is 0 Å². The zero-order valence-corrected chi connectivity index (χ0v) is 18.4. The standard InChI is InChI=1S/C20H29N3O6S/c1-20(2,3)29-19(26)22-11-5-4-6-15(22)9-7-14-8-10-16(17(24)12-14)23-13-18(25)21-30(23,27)28/h8,10,12,15,24H,4-7,9,11,13H2,1-3H3,(H,21,25). The van der Waals surface area contributed by atoms with Gasteiger partial charge in [0.2, 0.25) is 0 Å². The Morgan fingerprint density at radius 2 is 2.03 bits per heavy atom. The van der Waals surface area contributed by atoms with E-state index in [-0.39, 0.29) is 30.1 Å². The van der Waals surface area contributed by atoms with Gasteiger partial charge in [0.1, 0.15) is 17.9 Å². The predicted octanol–water partition coefficient (Wildman–Crippen LogP) is 2.30.